The summed E-state index contributed by atoms with van der Waals surface area (Å²) in [6.07, 6.45) is 5.02. The SMILES string of the molecule is C=CC=C.CCC/C=C(/OCCCc1cc(C#N)ccc1C#Cc1ccc(O)cc1C(F)(F)F)C(C)CC. The fourth-order valence-corrected chi connectivity index (χ4v) is 3.35. The Morgan fingerprint density at radius 2 is 1.74 bits per heavy atom. The van der Waals surface area contributed by atoms with Gasteiger partial charge in [-0.2, -0.15) is 18.4 Å². The lowest BCUT2D eigenvalue weighted by atomic mass is 9.99. The number of halogens is 3. The zero-order valence-electron chi connectivity index (χ0n) is 22.4. The molecule has 0 radical (unpaired) electrons. The van der Waals surface area contributed by atoms with Crippen LogP contribution in [0.3, 0.4) is 0 Å². The van der Waals surface area contributed by atoms with Crippen LogP contribution in [0.2, 0.25) is 0 Å². The molecule has 2 aromatic rings. The molecular formula is C32H36F3NO2. The third-order valence-electron chi connectivity index (χ3n) is 5.63. The van der Waals surface area contributed by atoms with E-state index in [4.69, 9.17) is 4.74 Å². The van der Waals surface area contributed by atoms with E-state index in [1.165, 1.54) is 6.07 Å². The summed E-state index contributed by atoms with van der Waals surface area (Å²) < 4.78 is 46.0. The molecule has 0 aliphatic carbocycles. The summed E-state index contributed by atoms with van der Waals surface area (Å²) in [5.74, 6) is 6.27. The maximum Gasteiger partial charge on any atom is 0.417 e. The number of alkyl halides is 3. The Morgan fingerprint density at radius 3 is 2.32 bits per heavy atom. The van der Waals surface area contributed by atoms with Crippen LogP contribution in [0.5, 0.6) is 5.75 Å². The standard InChI is InChI=1S/C28H30F3NO2.C4H6/c1-4-6-9-27(20(3)5-2)34-16-7-8-24-17-21(19-32)10-11-22(24)12-13-23-14-15-25(33)18-26(23)28(29,30)31;1-3-4-2/h9-11,14-15,17-18,20,33H,4-8,16H2,1-3H3;3-4H,1-2H2/b27-9+;. The van der Waals surface area contributed by atoms with Gasteiger partial charge in [-0.3, -0.25) is 0 Å². The summed E-state index contributed by atoms with van der Waals surface area (Å²) in [5.41, 5.74) is 0.599. The lowest BCUT2D eigenvalue weighted by Gasteiger charge is -2.16. The molecule has 0 heterocycles. The molecule has 0 saturated carbocycles. The summed E-state index contributed by atoms with van der Waals surface area (Å²) >= 11 is 0. The second kappa shape index (κ2) is 16.8. The molecule has 0 aromatic heterocycles. The number of unbranched alkanes of at least 4 members (excludes halogenated alkanes) is 1. The van der Waals surface area contributed by atoms with E-state index in [9.17, 15) is 23.5 Å². The molecule has 6 heteroatoms. The van der Waals surface area contributed by atoms with Crippen molar-refractivity contribution >= 4 is 0 Å². The van der Waals surface area contributed by atoms with Gasteiger partial charge in [0, 0.05) is 17.0 Å². The first-order valence-electron chi connectivity index (χ1n) is 12.6. The first-order chi connectivity index (χ1) is 18.1. The molecule has 1 atom stereocenters. The number of ether oxygens (including phenoxy) is 1. The van der Waals surface area contributed by atoms with Gasteiger partial charge >= 0.3 is 6.18 Å². The number of aryl methyl sites for hydroxylation is 1. The number of allylic oxidation sites excluding steroid dienone is 4. The zero-order valence-corrected chi connectivity index (χ0v) is 22.4. The molecule has 2 rings (SSSR count). The molecule has 0 spiro atoms. The Morgan fingerprint density at radius 1 is 1.08 bits per heavy atom. The second-order valence-corrected chi connectivity index (χ2v) is 8.59. The Bertz CT molecular complexity index is 1190. The van der Waals surface area contributed by atoms with Crippen LogP contribution in [-0.2, 0) is 17.3 Å². The third kappa shape index (κ3) is 11.0. The van der Waals surface area contributed by atoms with E-state index >= 15 is 0 Å². The molecule has 0 fully saturated rings. The summed E-state index contributed by atoms with van der Waals surface area (Å²) in [6, 6.07) is 10.1. The van der Waals surface area contributed by atoms with Crippen LogP contribution in [0, 0.1) is 29.1 Å². The first kappa shape index (κ1) is 32.1. The highest BCUT2D eigenvalue weighted by atomic mass is 19.4. The fourth-order valence-electron chi connectivity index (χ4n) is 3.35. The minimum atomic E-state index is -4.63. The van der Waals surface area contributed by atoms with Gasteiger partial charge in [-0.15, -0.1) is 0 Å². The van der Waals surface area contributed by atoms with Crippen LogP contribution in [0.4, 0.5) is 13.2 Å². The molecule has 0 bridgehead atoms. The van der Waals surface area contributed by atoms with E-state index in [1.807, 2.05) is 0 Å². The highest BCUT2D eigenvalue weighted by Crippen LogP contribution is 2.34. The molecule has 2 aromatic carbocycles. The van der Waals surface area contributed by atoms with Gasteiger partial charge in [0.25, 0.3) is 0 Å². The second-order valence-electron chi connectivity index (χ2n) is 8.59. The van der Waals surface area contributed by atoms with Crippen LogP contribution in [-0.4, -0.2) is 11.7 Å². The van der Waals surface area contributed by atoms with Crippen molar-refractivity contribution in [1.29, 1.82) is 5.26 Å². The molecule has 1 unspecified atom stereocenters. The van der Waals surface area contributed by atoms with E-state index in [0.29, 0.717) is 42.6 Å². The molecule has 0 saturated heterocycles. The number of nitriles is 1. The zero-order chi connectivity index (χ0) is 28.6. The van der Waals surface area contributed by atoms with Gasteiger partial charge in [-0.1, -0.05) is 64.3 Å². The number of phenolic OH excluding ortho intramolecular Hbond substituents is 1. The van der Waals surface area contributed by atoms with Crippen molar-refractivity contribution in [3.63, 3.8) is 0 Å². The lowest BCUT2D eigenvalue weighted by molar-refractivity contribution is -0.137. The van der Waals surface area contributed by atoms with E-state index in [1.54, 1.807) is 30.4 Å². The highest BCUT2D eigenvalue weighted by molar-refractivity contribution is 5.53. The molecule has 0 amide bonds. The average Bonchev–Trinajstić information content (AvgIpc) is 2.91. The number of nitrogens with zero attached hydrogens (tertiary/aromatic N) is 1. The molecule has 3 nitrogen and oxygen atoms in total. The van der Waals surface area contributed by atoms with Crippen LogP contribution in [0.1, 0.15) is 74.3 Å². The van der Waals surface area contributed by atoms with Crippen molar-refractivity contribution in [3.05, 3.63) is 101 Å². The van der Waals surface area contributed by atoms with Crippen LogP contribution in [0.25, 0.3) is 0 Å². The van der Waals surface area contributed by atoms with Gasteiger partial charge in [0.05, 0.1) is 29.6 Å². The van der Waals surface area contributed by atoms with E-state index in [2.05, 4.69) is 57.9 Å². The maximum atomic E-state index is 13.3. The van der Waals surface area contributed by atoms with Crippen molar-refractivity contribution in [1.82, 2.24) is 0 Å². The van der Waals surface area contributed by atoms with Gasteiger partial charge in [0.15, 0.2) is 0 Å². The number of phenols is 1. The predicted molar refractivity (Wildman–Crippen MR) is 147 cm³/mol. The quantitative estimate of drug-likeness (QED) is 0.147. The van der Waals surface area contributed by atoms with Gasteiger partial charge in [-0.25, -0.2) is 0 Å². The Hall–Kier alpha value is -3.90. The van der Waals surface area contributed by atoms with Crippen molar-refractivity contribution < 1.29 is 23.0 Å². The number of aromatic hydroxyl groups is 1. The largest absolute Gasteiger partial charge is 0.508 e. The molecule has 202 valence electrons. The Kier molecular flexibility index (Phi) is 14.2. The minimum absolute atomic E-state index is 0.219. The number of hydrogen-bond acceptors (Lipinski definition) is 3. The van der Waals surface area contributed by atoms with Crippen molar-refractivity contribution in [2.45, 2.75) is 59.1 Å². The van der Waals surface area contributed by atoms with E-state index in [-0.39, 0.29) is 5.56 Å². The number of hydrogen-bond donors (Lipinski definition) is 1. The molecule has 38 heavy (non-hydrogen) atoms. The van der Waals surface area contributed by atoms with Gasteiger partial charge in [0.1, 0.15) is 5.75 Å². The van der Waals surface area contributed by atoms with Crippen LogP contribution in [0.15, 0.2) is 73.5 Å². The Labute approximate surface area is 225 Å². The van der Waals surface area contributed by atoms with Gasteiger partial charge < -0.3 is 9.84 Å². The average molecular weight is 524 g/mol. The number of rotatable bonds is 10. The van der Waals surface area contributed by atoms with Gasteiger partial charge in [0.2, 0.25) is 0 Å². The number of benzene rings is 2. The lowest BCUT2D eigenvalue weighted by Crippen LogP contribution is -2.07. The summed E-state index contributed by atoms with van der Waals surface area (Å²) in [4.78, 5) is 0. The monoisotopic (exact) mass is 523 g/mol. The van der Waals surface area contributed by atoms with Crippen molar-refractivity contribution in [2.75, 3.05) is 6.61 Å². The molecule has 1 N–H and O–H groups in total. The smallest absolute Gasteiger partial charge is 0.417 e. The first-order valence-corrected chi connectivity index (χ1v) is 12.6. The maximum absolute atomic E-state index is 13.3. The summed E-state index contributed by atoms with van der Waals surface area (Å²) in [7, 11) is 0. The predicted octanol–water partition coefficient (Wildman–Crippen LogP) is 8.72. The van der Waals surface area contributed by atoms with Crippen LogP contribution < -0.4 is 0 Å². The minimum Gasteiger partial charge on any atom is -0.508 e. The highest BCUT2D eigenvalue weighted by Gasteiger charge is 2.33. The summed E-state index contributed by atoms with van der Waals surface area (Å²) in [5, 5.41) is 18.7. The van der Waals surface area contributed by atoms with E-state index < -0.39 is 17.5 Å². The van der Waals surface area contributed by atoms with Gasteiger partial charge in [-0.05, 0) is 73.7 Å². The Balaban J connectivity index is 0.00000168. The molecule has 0 aliphatic heterocycles. The van der Waals surface area contributed by atoms with E-state index in [0.717, 1.165) is 36.7 Å². The summed E-state index contributed by atoms with van der Waals surface area (Å²) in [6.45, 7) is 13.6. The third-order valence-corrected chi connectivity index (χ3v) is 5.63. The van der Waals surface area contributed by atoms with Crippen molar-refractivity contribution in [2.24, 2.45) is 5.92 Å². The molecular weight excluding hydrogens is 487 g/mol. The van der Waals surface area contributed by atoms with Crippen molar-refractivity contribution in [3.8, 4) is 23.7 Å². The topological polar surface area (TPSA) is 53.2 Å². The molecule has 0 aliphatic rings. The van der Waals surface area contributed by atoms with Crippen LogP contribution >= 0.6 is 0 Å². The normalized spacial score (nSPS) is 11.7. The fraction of sp³-hybridized carbons (Fsp3) is 0.344.